The largest absolute Gasteiger partial charge is 0.507 e. The average molecular weight is 464 g/mol. The van der Waals surface area contributed by atoms with Crippen LogP contribution in [0.4, 0.5) is 5.69 Å². The number of ketones is 1. The molecular formula is C26H22ClNO5. The molecule has 3 aromatic carbocycles. The molecule has 0 saturated carbocycles. The maximum atomic E-state index is 13.2. The molecule has 0 aromatic heterocycles. The van der Waals surface area contributed by atoms with Crippen molar-refractivity contribution in [2.45, 2.75) is 13.0 Å². The minimum Gasteiger partial charge on any atom is -0.507 e. The molecule has 1 amide bonds. The molecule has 1 heterocycles. The highest BCUT2D eigenvalue weighted by molar-refractivity contribution is 6.51. The number of methoxy groups -OCH3 is 1. The third-order valence-electron chi connectivity index (χ3n) is 5.39. The van der Waals surface area contributed by atoms with E-state index in [1.165, 1.54) is 18.1 Å². The van der Waals surface area contributed by atoms with Crippen LogP contribution in [-0.4, -0.2) is 30.5 Å². The lowest BCUT2D eigenvalue weighted by Gasteiger charge is -2.25. The van der Waals surface area contributed by atoms with Crippen LogP contribution in [0.2, 0.25) is 5.02 Å². The Kier molecular flexibility index (Phi) is 6.38. The SMILES string of the molecule is CCOc1cccc(N2C(=O)C(=O)/C(=C(/O)c3ccc(Cl)c(OC)c3)C2c2ccccc2)c1. The molecule has 0 bridgehead atoms. The van der Waals surface area contributed by atoms with Crippen LogP contribution in [0.25, 0.3) is 5.76 Å². The minimum atomic E-state index is -0.829. The van der Waals surface area contributed by atoms with E-state index >= 15 is 0 Å². The quantitative estimate of drug-likeness (QED) is 0.302. The second-order valence-corrected chi connectivity index (χ2v) is 7.77. The summed E-state index contributed by atoms with van der Waals surface area (Å²) in [6, 6.07) is 19.9. The summed E-state index contributed by atoms with van der Waals surface area (Å²) in [4.78, 5) is 27.8. The average Bonchev–Trinajstić information content (AvgIpc) is 3.10. The van der Waals surface area contributed by atoms with Gasteiger partial charge in [-0.3, -0.25) is 14.5 Å². The van der Waals surface area contributed by atoms with Gasteiger partial charge in [0, 0.05) is 17.3 Å². The number of aliphatic hydroxyl groups is 1. The molecular weight excluding hydrogens is 442 g/mol. The fraction of sp³-hybridized carbons (Fsp3) is 0.154. The lowest BCUT2D eigenvalue weighted by molar-refractivity contribution is -0.132. The van der Waals surface area contributed by atoms with Crippen molar-refractivity contribution in [1.82, 2.24) is 0 Å². The molecule has 1 N–H and O–H groups in total. The molecule has 1 saturated heterocycles. The maximum absolute atomic E-state index is 13.2. The normalized spacial score (nSPS) is 17.3. The van der Waals surface area contributed by atoms with E-state index in [2.05, 4.69) is 0 Å². The highest BCUT2D eigenvalue weighted by atomic mass is 35.5. The number of carbonyl (C=O) groups excluding carboxylic acids is 2. The fourth-order valence-corrected chi connectivity index (χ4v) is 4.10. The summed E-state index contributed by atoms with van der Waals surface area (Å²) in [6.07, 6.45) is 0. The van der Waals surface area contributed by atoms with Gasteiger partial charge in [-0.1, -0.05) is 48.0 Å². The van der Waals surface area contributed by atoms with Crippen LogP contribution in [-0.2, 0) is 9.59 Å². The van der Waals surface area contributed by atoms with Gasteiger partial charge in [0.1, 0.15) is 17.3 Å². The predicted molar refractivity (Wildman–Crippen MR) is 127 cm³/mol. The summed E-state index contributed by atoms with van der Waals surface area (Å²) in [5, 5.41) is 11.6. The Morgan fingerprint density at radius 1 is 1.03 bits per heavy atom. The Hall–Kier alpha value is -3.77. The number of Topliss-reactive ketones (excluding diaryl/α,β-unsaturated/α-hetero) is 1. The van der Waals surface area contributed by atoms with Crippen LogP contribution >= 0.6 is 11.6 Å². The molecule has 6 nitrogen and oxygen atoms in total. The number of anilines is 1. The number of halogens is 1. The number of hydrogen-bond acceptors (Lipinski definition) is 5. The van der Waals surface area contributed by atoms with Crippen LogP contribution in [0, 0.1) is 0 Å². The van der Waals surface area contributed by atoms with E-state index < -0.39 is 17.7 Å². The lowest BCUT2D eigenvalue weighted by Crippen LogP contribution is -2.29. The van der Waals surface area contributed by atoms with E-state index in [1.807, 2.05) is 37.3 Å². The summed E-state index contributed by atoms with van der Waals surface area (Å²) >= 11 is 6.12. The standard InChI is InChI=1S/C26H22ClNO5/c1-3-33-19-11-7-10-18(15-19)28-23(16-8-5-4-6-9-16)22(25(30)26(28)31)24(29)17-12-13-20(27)21(14-17)32-2/h4-15,23,29H,3H2,1-2H3/b24-22+. The molecule has 1 unspecified atom stereocenters. The molecule has 168 valence electrons. The summed E-state index contributed by atoms with van der Waals surface area (Å²) in [5.41, 5.74) is 1.47. The van der Waals surface area contributed by atoms with Crippen LogP contribution in [0.15, 0.2) is 78.4 Å². The van der Waals surface area contributed by atoms with Crippen molar-refractivity contribution in [1.29, 1.82) is 0 Å². The van der Waals surface area contributed by atoms with Crippen molar-refractivity contribution in [2.24, 2.45) is 0 Å². The van der Waals surface area contributed by atoms with E-state index in [0.717, 1.165) is 0 Å². The number of hydrogen-bond donors (Lipinski definition) is 1. The van der Waals surface area contributed by atoms with E-state index in [9.17, 15) is 14.7 Å². The summed E-state index contributed by atoms with van der Waals surface area (Å²) in [7, 11) is 1.46. The Bertz CT molecular complexity index is 1240. The van der Waals surface area contributed by atoms with Gasteiger partial charge in [-0.15, -0.1) is 0 Å². The Labute approximate surface area is 196 Å². The number of benzene rings is 3. The van der Waals surface area contributed by atoms with E-state index in [0.29, 0.717) is 39.9 Å². The van der Waals surface area contributed by atoms with Gasteiger partial charge in [-0.2, -0.15) is 0 Å². The number of aliphatic hydroxyl groups excluding tert-OH is 1. The van der Waals surface area contributed by atoms with Crippen molar-refractivity contribution >= 4 is 34.7 Å². The van der Waals surface area contributed by atoms with Gasteiger partial charge in [0.15, 0.2) is 0 Å². The number of carbonyl (C=O) groups is 2. The summed E-state index contributed by atoms with van der Waals surface area (Å²) in [6.45, 7) is 2.33. The second-order valence-electron chi connectivity index (χ2n) is 7.36. The molecule has 1 atom stereocenters. The number of rotatable bonds is 6. The molecule has 7 heteroatoms. The topological polar surface area (TPSA) is 76.1 Å². The highest BCUT2D eigenvalue weighted by Crippen LogP contribution is 2.43. The Morgan fingerprint density at radius 2 is 1.79 bits per heavy atom. The second kappa shape index (κ2) is 9.38. The minimum absolute atomic E-state index is 0.0163. The zero-order valence-electron chi connectivity index (χ0n) is 18.1. The first-order chi connectivity index (χ1) is 16.0. The zero-order valence-corrected chi connectivity index (χ0v) is 18.9. The van der Waals surface area contributed by atoms with E-state index in [-0.39, 0.29) is 11.3 Å². The van der Waals surface area contributed by atoms with Crippen LogP contribution < -0.4 is 14.4 Å². The van der Waals surface area contributed by atoms with E-state index in [1.54, 1.807) is 36.4 Å². The maximum Gasteiger partial charge on any atom is 0.300 e. The van der Waals surface area contributed by atoms with Crippen molar-refractivity contribution in [3.8, 4) is 11.5 Å². The highest BCUT2D eigenvalue weighted by Gasteiger charge is 2.47. The van der Waals surface area contributed by atoms with Crippen molar-refractivity contribution in [3.63, 3.8) is 0 Å². The van der Waals surface area contributed by atoms with Crippen molar-refractivity contribution in [3.05, 3.63) is 94.5 Å². The first-order valence-corrected chi connectivity index (χ1v) is 10.8. The lowest BCUT2D eigenvalue weighted by atomic mass is 9.95. The van der Waals surface area contributed by atoms with Gasteiger partial charge < -0.3 is 14.6 Å². The molecule has 1 aliphatic rings. The van der Waals surface area contributed by atoms with Crippen molar-refractivity contribution < 1.29 is 24.2 Å². The Balaban J connectivity index is 1.92. The number of nitrogens with zero attached hydrogens (tertiary/aromatic N) is 1. The van der Waals surface area contributed by atoms with Gasteiger partial charge >= 0.3 is 0 Å². The zero-order chi connectivity index (χ0) is 23.5. The monoisotopic (exact) mass is 463 g/mol. The first kappa shape index (κ1) is 22.4. The molecule has 3 aromatic rings. The molecule has 0 aliphatic carbocycles. The van der Waals surface area contributed by atoms with Gasteiger partial charge in [-0.05, 0) is 42.8 Å². The van der Waals surface area contributed by atoms with Crippen LogP contribution in [0.1, 0.15) is 24.1 Å². The molecule has 1 aliphatic heterocycles. The summed E-state index contributed by atoms with van der Waals surface area (Å²) in [5.74, 6) is -0.903. The fourth-order valence-electron chi connectivity index (χ4n) is 3.90. The van der Waals surface area contributed by atoms with Gasteiger partial charge in [-0.25, -0.2) is 0 Å². The third-order valence-corrected chi connectivity index (χ3v) is 5.70. The smallest absolute Gasteiger partial charge is 0.300 e. The van der Waals surface area contributed by atoms with Gasteiger partial charge in [0.25, 0.3) is 11.7 Å². The number of ether oxygens (including phenoxy) is 2. The molecule has 33 heavy (non-hydrogen) atoms. The van der Waals surface area contributed by atoms with Crippen LogP contribution in [0.5, 0.6) is 11.5 Å². The third kappa shape index (κ3) is 4.17. The predicted octanol–water partition coefficient (Wildman–Crippen LogP) is 5.37. The first-order valence-electron chi connectivity index (χ1n) is 10.4. The molecule has 0 radical (unpaired) electrons. The number of amides is 1. The van der Waals surface area contributed by atoms with E-state index in [4.69, 9.17) is 21.1 Å². The van der Waals surface area contributed by atoms with Crippen LogP contribution in [0.3, 0.4) is 0 Å². The molecule has 1 fully saturated rings. The van der Waals surface area contributed by atoms with Gasteiger partial charge in [0.2, 0.25) is 0 Å². The molecule has 0 spiro atoms. The summed E-state index contributed by atoms with van der Waals surface area (Å²) < 4.78 is 10.8. The molecule has 4 rings (SSSR count). The van der Waals surface area contributed by atoms with Crippen molar-refractivity contribution in [2.75, 3.05) is 18.6 Å². The Morgan fingerprint density at radius 3 is 2.48 bits per heavy atom. The van der Waals surface area contributed by atoms with Gasteiger partial charge in [0.05, 0.1) is 30.4 Å².